The van der Waals surface area contributed by atoms with E-state index in [2.05, 4.69) is 10.1 Å². The summed E-state index contributed by atoms with van der Waals surface area (Å²) in [6, 6.07) is 2.55. The Morgan fingerprint density at radius 3 is 2.63 bits per heavy atom. The van der Waals surface area contributed by atoms with Gasteiger partial charge in [0.05, 0.1) is 12.3 Å². The van der Waals surface area contributed by atoms with E-state index in [1.807, 2.05) is 0 Å². The van der Waals surface area contributed by atoms with Gasteiger partial charge in [-0.15, -0.1) is 0 Å². The number of ether oxygens (including phenoxy) is 1. The highest BCUT2D eigenvalue weighted by atomic mass is 35.5. The predicted octanol–water partition coefficient (Wildman–Crippen LogP) is 1.60. The van der Waals surface area contributed by atoms with Gasteiger partial charge in [-0.3, -0.25) is 4.79 Å². The number of phenols is 1. The first kappa shape index (κ1) is 15.3. The van der Waals surface area contributed by atoms with Gasteiger partial charge < -0.3 is 20.3 Å². The number of esters is 1. The Kier molecular flexibility index (Phi) is 5.14. The fourth-order valence-electron chi connectivity index (χ4n) is 1.50. The summed E-state index contributed by atoms with van der Waals surface area (Å²) in [7, 11) is 0. The number of nitrogens with one attached hydrogen (secondary N) is 1. The van der Waals surface area contributed by atoms with Crippen molar-refractivity contribution in [3.63, 3.8) is 0 Å². The average molecular weight is 288 g/mol. The van der Waals surface area contributed by atoms with E-state index in [4.69, 9.17) is 11.6 Å². The number of aliphatic hydroxyl groups is 1. The molecule has 0 aliphatic carbocycles. The van der Waals surface area contributed by atoms with Gasteiger partial charge in [-0.2, -0.15) is 0 Å². The molecule has 0 aliphatic rings. The number of hydrogen-bond donors (Lipinski definition) is 3. The first-order valence-corrected chi connectivity index (χ1v) is 5.89. The zero-order valence-corrected chi connectivity index (χ0v) is 11.2. The summed E-state index contributed by atoms with van der Waals surface area (Å²) in [5, 5.41) is 21.9. The summed E-state index contributed by atoms with van der Waals surface area (Å²) >= 11 is 5.89. The van der Waals surface area contributed by atoms with Crippen LogP contribution in [0, 0.1) is 0 Å². The second-order valence-electron chi connectivity index (χ2n) is 3.69. The Hall–Kier alpha value is -1.79. The highest BCUT2D eigenvalue weighted by molar-refractivity contribution is 6.32. The van der Waals surface area contributed by atoms with Gasteiger partial charge in [-0.25, -0.2) is 4.79 Å². The second-order valence-corrected chi connectivity index (χ2v) is 4.10. The molecule has 0 aromatic heterocycles. The zero-order chi connectivity index (χ0) is 14.6. The molecule has 0 aliphatic heterocycles. The minimum atomic E-state index is -1.69. The van der Waals surface area contributed by atoms with Crippen LogP contribution in [0.15, 0.2) is 12.1 Å². The fraction of sp³-hybridized carbons (Fsp3) is 0.333. The summed E-state index contributed by atoms with van der Waals surface area (Å²) in [6.45, 7) is 2.89. The normalized spacial score (nSPS) is 11.8. The lowest BCUT2D eigenvalue weighted by atomic mass is 10.1. The molecular formula is C12H14ClNO5. The van der Waals surface area contributed by atoms with Gasteiger partial charge >= 0.3 is 5.97 Å². The van der Waals surface area contributed by atoms with E-state index in [0.717, 1.165) is 0 Å². The minimum absolute atomic E-state index is 0.0297. The molecule has 1 amide bonds. The van der Waals surface area contributed by atoms with Crippen molar-refractivity contribution in [1.82, 2.24) is 0 Å². The highest BCUT2D eigenvalue weighted by Gasteiger charge is 2.26. The smallest absolute Gasteiger partial charge is 0.339 e. The number of carbonyl (C=O) groups is 2. The molecule has 104 valence electrons. The summed E-state index contributed by atoms with van der Waals surface area (Å²) in [6.07, 6.45) is -1.69. The van der Waals surface area contributed by atoms with E-state index in [1.165, 1.54) is 19.1 Å². The number of carbonyl (C=O) groups excluding carboxylic acids is 2. The van der Waals surface area contributed by atoms with Crippen LogP contribution in [0.2, 0.25) is 5.02 Å². The molecule has 0 heterocycles. The van der Waals surface area contributed by atoms with Gasteiger partial charge in [0.15, 0.2) is 6.10 Å². The van der Waals surface area contributed by atoms with Crippen molar-refractivity contribution >= 4 is 29.2 Å². The Labute approximate surface area is 114 Å². The zero-order valence-electron chi connectivity index (χ0n) is 10.4. The number of rotatable bonds is 4. The lowest BCUT2D eigenvalue weighted by molar-refractivity contribution is -0.153. The fourth-order valence-corrected chi connectivity index (χ4v) is 1.76. The van der Waals surface area contributed by atoms with Gasteiger partial charge in [0, 0.05) is 17.5 Å². The maximum Gasteiger partial charge on any atom is 0.339 e. The SMILES string of the molecule is CCOC(=O)C(O)c1c(Cl)ccc(O)c1NC(C)=O. The van der Waals surface area contributed by atoms with Crippen LogP contribution in [0.1, 0.15) is 25.5 Å². The van der Waals surface area contributed by atoms with E-state index >= 15 is 0 Å². The molecule has 6 nitrogen and oxygen atoms in total. The largest absolute Gasteiger partial charge is 0.506 e. The average Bonchev–Trinajstić information content (AvgIpc) is 2.33. The highest BCUT2D eigenvalue weighted by Crippen LogP contribution is 2.37. The number of aliphatic hydroxyl groups excluding tert-OH is 1. The van der Waals surface area contributed by atoms with Gasteiger partial charge in [0.25, 0.3) is 0 Å². The Bertz CT molecular complexity index is 503. The number of amides is 1. The number of hydrogen-bond acceptors (Lipinski definition) is 5. The molecule has 1 aromatic carbocycles. The van der Waals surface area contributed by atoms with E-state index < -0.39 is 18.0 Å². The quantitative estimate of drug-likeness (QED) is 0.577. The van der Waals surface area contributed by atoms with E-state index in [1.54, 1.807) is 6.92 Å². The van der Waals surface area contributed by atoms with E-state index in [0.29, 0.717) is 0 Å². The summed E-state index contributed by atoms with van der Waals surface area (Å²) in [5.41, 5.74) is -0.212. The van der Waals surface area contributed by atoms with Gasteiger partial charge in [0.2, 0.25) is 5.91 Å². The van der Waals surface area contributed by atoms with Crippen LogP contribution < -0.4 is 5.32 Å². The van der Waals surface area contributed by atoms with E-state index in [-0.39, 0.29) is 28.6 Å². The summed E-state index contributed by atoms with van der Waals surface area (Å²) in [5.74, 6) is -1.70. The topological polar surface area (TPSA) is 95.9 Å². The number of phenolic OH excluding ortho intramolecular Hbond substituents is 1. The van der Waals surface area contributed by atoms with Crippen LogP contribution in [-0.4, -0.2) is 28.7 Å². The molecule has 1 atom stereocenters. The van der Waals surface area contributed by atoms with E-state index in [9.17, 15) is 19.8 Å². The Balaban J connectivity index is 3.27. The summed E-state index contributed by atoms with van der Waals surface area (Å²) in [4.78, 5) is 22.6. The lowest BCUT2D eigenvalue weighted by Gasteiger charge is -2.17. The molecule has 0 fully saturated rings. The van der Waals surface area contributed by atoms with Crippen molar-refractivity contribution in [2.24, 2.45) is 0 Å². The van der Waals surface area contributed by atoms with Crippen molar-refractivity contribution < 1.29 is 24.5 Å². The molecule has 3 N–H and O–H groups in total. The maximum atomic E-state index is 11.5. The number of benzene rings is 1. The van der Waals surface area contributed by atoms with Crippen LogP contribution in [0.5, 0.6) is 5.75 Å². The first-order chi connectivity index (χ1) is 8.88. The third-order valence-corrected chi connectivity index (χ3v) is 2.58. The Morgan fingerprint density at radius 1 is 1.47 bits per heavy atom. The predicted molar refractivity (Wildman–Crippen MR) is 69.0 cm³/mol. The van der Waals surface area contributed by atoms with Crippen molar-refractivity contribution in [2.45, 2.75) is 20.0 Å². The molecule has 0 radical (unpaired) electrons. The third kappa shape index (κ3) is 3.59. The van der Waals surface area contributed by atoms with Crippen LogP contribution in [0.4, 0.5) is 5.69 Å². The molecule has 0 spiro atoms. The molecule has 0 saturated carbocycles. The number of aromatic hydroxyl groups is 1. The van der Waals surface area contributed by atoms with Gasteiger partial charge in [-0.1, -0.05) is 11.6 Å². The third-order valence-electron chi connectivity index (χ3n) is 2.25. The monoisotopic (exact) mass is 287 g/mol. The Morgan fingerprint density at radius 2 is 2.11 bits per heavy atom. The molecule has 7 heteroatoms. The van der Waals surface area contributed by atoms with Crippen molar-refractivity contribution in [1.29, 1.82) is 0 Å². The molecule has 1 aromatic rings. The van der Waals surface area contributed by atoms with Gasteiger partial charge in [-0.05, 0) is 19.1 Å². The molecule has 1 unspecified atom stereocenters. The number of halogens is 1. The molecular weight excluding hydrogens is 274 g/mol. The van der Waals surface area contributed by atoms with Crippen molar-refractivity contribution in [2.75, 3.05) is 11.9 Å². The van der Waals surface area contributed by atoms with Crippen LogP contribution in [-0.2, 0) is 14.3 Å². The second kappa shape index (κ2) is 6.40. The van der Waals surface area contributed by atoms with Crippen LogP contribution in [0.25, 0.3) is 0 Å². The standard InChI is InChI=1S/C12H14ClNO5/c1-3-19-12(18)11(17)9-7(13)4-5-8(16)10(9)14-6(2)15/h4-5,11,16-17H,3H2,1-2H3,(H,14,15). The summed E-state index contributed by atoms with van der Waals surface area (Å²) < 4.78 is 4.67. The van der Waals surface area contributed by atoms with Crippen molar-refractivity contribution in [3.05, 3.63) is 22.7 Å². The molecule has 19 heavy (non-hydrogen) atoms. The molecule has 0 saturated heterocycles. The lowest BCUT2D eigenvalue weighted by Crippen LogP contribution is -2.18. The van der Waals surface area contributed by atoms with Crippen LogP contribution in [0.3, 0.4) is 0 Å². The van der Waals surface area contributed by atoms with Gasteiger partial charge in [0.1, 0.15) is 5.75 Å². The van der Waals surface area contributed by atoms with Crippen molar-refractivity contribution in [3.8, 4) is 5.75 Å². The maximum absolute atomic E-state index is 11.5. The molecule has 0 bridgehead atoms. The molecule has 1 rings (SSSR count). The number of anilines is 1. The van der Waals surface area contributed by atoms with Crippen LogP contribution >= 0.6 is 11.6 Å². The minimum Gasteiger partial charge on any atom is -0.506 e. The first-order valence-electron chi connectivity index (χ1n) is 5.52.